The van der Waals surface area contributed by atoms with E-state index in [-0.39, 0.29) is 45.4 Å². The minimum Gasteiger partial charge on any atom is -0.358 e. The predicted octanol–water partition coefficient (Wildman–Crippen LogP) is 3.36. The molecule has 0 aliphatic rings. The van der Waals surface area contributed by atoms with Gasteiger partial charge in [0.15, 0.2) is 0 Å². The molecule has 2 rings (SSSR count). The van der Waals surface area contributed by atoms with Gasteiger partial charge in [0.25, 0.3) is 0 Å². The minimum atomic E-state index is -0.0600. The summed E-state index contributed by atoms with van der Waals surface area (Å²) in [5.74, 6) is 0. The van der Waals surface area contributed by atoms with Crippen LogP contribution in [0.3, 0.4) is 0 Å². The second-order valence-corrected chi connectivity index (χ2v) is 6.42. The van der Waals surface area contributed by atoms with Crippen molar-refractivity contribution in [3.63, 3.8) is 0 Å². The fourth-order valence-electron chi connectivity index (χ4n) is 1.32. The second kappa shape index (κ2) is 14.5. The van der Waals surface area contributed by atoms with Gasteiger partial charge in [0.05, 0.1) is 0 Å². The summed E-state index contributed by atoms with van der Waals surface area (Å²) in [6.07, 6.45) is 0. The van der Waals surface area contributed by atoms with Crippen molar-refractivity contribution in [2.45, 2.75) is 13.8 Å². The average Bonchev–Trinajstić information content (AvgIpc) is 2.76. The summed E-state index contributed by atoms with van der Waals surface area (Å²) in [6, 6.07) is 20.7. The summed E-state index contributed by atoms with van der Waals surface area (Å²) in [6.45, 7) is 4.44. The summed E-state index contributed by atoms with van der Waals surface area (Å²) in [4.78, 5) is 0. The smallest absolute Gasteiger partial charge is 0.358 e. The van der Waals surface area contributed by atoms with Crippen molar-refractivity contribution in [3.8, 4) is 0 Å². The van der Waals surface area contributed by atoms with Gasteiger partial charge in [-0.25, -0.2) is 12.1 Å². The summed E-state index contributed by atoms with van der Waals surface area (Å²) in [5, 5.41) is 1.54. The molecule has 0 spiro atoms. The predicted molar refractivity (Wildman–Crippen MR) is 84.1 cm³/mol. The van der Waals surface area contributed by atoms with Crippen molar-refractivity contribution in [1.82, 2.24) is 0 Å². The van der Waals surface area contributed by atoms with Crippen LogP contribution in [0.1, 0.15) is 13.8 Å². The fraction of sp³-hybridized carbons (Fsp3) is 0.125. The summed E-state index contributed by atoms with van der Waals surface area (Å²) in [5.41, 5.74) is 1.60. The molecule has 2 aromatic carbocycles. The number of hydrogen-bond donors (Lipinski definition) is 0. The zero-order chi connectivity index (χ0) is 10.9. The van der Waals surface area contributed by atoms with Crippen LogP contribution in [-0.2, 0) is 21.1 Å². The van der Waals surface area contributed by atoms with E-state index in [0.717, 1.165) is 0 Å². The van der Waals surface area contributed by atoms with Crippen LogP contribution in [0.25, 0.3) is 0 Å². The van der Waals surface area contributed by atoms with Gasteiger partial charge in [-0.2, -0.15) is 32.0 Å². The van der Waals surface area contributed by atoms with Crippen LogP contribution in [0, 0.1) is 20.4 Å². The van der Waals surface area contributed by atoms with Gasteiger partial charge in [0.1, 0.15) is 0 Å². The van der Waals surface area contributed by atoms with Crippen molar-refractivity contribution in [1.29, 1.82) is 0 Å². The molecular weight excluding hydrogens is 415 g/mol. The molecule has 0 radical (unpaired) electrons. The number of rotatable bonds is 2. The first kappa shape index (κ1) is 22.6. The van der Waals surface area contributed by atoms with Crippen molar-refractivity contribution in [2.24, 2.45) is 0 Å². The maximum Gasteiger partial charge on any atom is 4.00 e. The molecule has 0 N–H and O–H groups in total. The van der Waals surface area contributed by atoms with Crippen LogP contribution in [-0.4, -0.2) is 9.52 Å². The largest absolute Gasteiger partial charge is 4.00 e. The molecule has 2 heteroatoms. The Morgan fingerprint density at radius 2 is 1.39 bits per heavy atom. The molecule has 0 fully saturated rings. The fourth-order valence-corrected chi connectivity index (χ4v) is 2.65. The van der Waals surface area contributed by atoms with Gasteiger partial charge in [0.2, 0.25) is 0 Å². The van der Waals surface area contributed by atoms with Crippen LogP contribution in [0.2, 0.25) is 0 Å². The first-order valence-corrected chi connectivity index (χ1v) is 6.70. The molecule has 0 bridgehead atoms. The maximum atomic E-state index is 2.22. The van der Waals surface area contributed by atoms with Crippen LogP contribution in [0.5, 0.6) is 0 Å². The minimum absolute atomic E-state index is 0. The van der Waals surface area contributed by atoms with E-state index in [1.54, 1.807) is 10.7 Å². The maximum absolute atomic E-state index is 2.22. The molecule has 2 aromatic rings. The molecule has 0 aliphatic heterocycles. The topological polar surface area (TPSA) is 0 Å². The third-order valence-corrected chi connectivity index (χ3v) is 3.54. The first-order valence-electron chi connectivity index (χ1n) is 5.28. The Labute approximate surface area is 130 Å². The van der Waals surface area contributed by atoms with Gasteiger partial charge in [-0.3, -0.25) is 0 Å². The molecular formula is C16H24PtSi. The Balaban J connectivity index is -0.000000245. The molecule has 0 unspecified atom stereocenters. The van der Waals surface area contributed by atoms with Crippen molar-refractivity contribution in [3.05, 3.63) is 81.1 Å². The Hall–Kier alpha value is -0.525. The normalized spacial score (nSPS) is 8.61. The average molecular weight is 440 g/mol. The van der Waals surface area contributed by atoms with Gasteiger partial charge >= 0.3 is 21.1 Å². The van der Waals surface area contributed by atoms with Crippen molar-refractivity contribution >= 4 is 14.7 Å². The van der Waals surface area contributed by atoms with E-state index in [2.05, 4.69) is 44.2 Å². The summed E-state index contributed by atoms with van der Waals surface area (Å²) in [7, 11) is -0.0600. The SMILES string of the molecule is C[C-](C)[SiH2]c1ccccc1.[CH3-].[CH3-].[Pt+4].c1cc[cH-]c1. The second-order valence-electron chi connectivity index (χ2n) is 3.83. The molecule has 0 saturated carbocycles. The molecule has 0 aromatic heterocycles. The Kier molecular flexibility index (Phi) is 18.3. The Bertz CT molecular complexity index is 310. The molecule has 18 heavy (non-hydrogen) atoms. The summed E-state index contributed by atoms with van der Waals surface area (Å²) < 4.78 is 0. The van der Waals surface area contributed by atoms with E-state index >= 15 is 0 Å². The van der Waals surface area contributed by atoms with Crippen LogP contribution in [0.4, 0.5) is 0 Å². The van der Waals surface area contributed by atoms with Gasteiger partial charge in [0, 0.05) is 0 Å². The van der Waals surface area contributed by atoms with Crippen molar-refractivity contribution < 1.29 is 21.1 Å². The molecule has 0 saturated heterocycles. The van der Waals surface area contributed by atoms with Crippen LogP contribution < -0.4 is 5.19 Å². The molecule has 0 atom stereocenters. The third-order valence-electron chi connectivity index (χ3n) is 1.96. The van der Waals surface area contributed by atoms with E-state index < -0.39 is 0 Å². The van der Waals surface area contributed by atoms with Gasteiger partial charge in [-0.1, -0.05) is 45.0 Å². The molecule has 0 aliphatic carbocycles. The molecule has 0 heterocycles. The van der Waals surface area contributed by atoms with Gasteiger partial charge < -0.3 is 20.4 Å². The molecule has 102 valence electrons. The van der Waals surface area contributed by atoms with Crippen molar-refractivity contribution in [2.75, 3.05) is 0 Å². The van der Waals surface area contributed by atoms with E-state index in [1.165, 1.54) is 0 Å². The monoisotopic (exact) mass is 439 g/mol. The molecule has 0 nitrogen and oxygen atoms in total. The zero-order valence-electron chi connectivity index (χ0n) is 11.8. The number of hydrogen-bond acceptors (Lipinski definition) is 0. The first-order chi connectivity index (χ1) is 7.29. The standard InChI is InChI=1S/C9H13Si.C5H5.2CH3.Pt/c1-8(2)10-9-6-4-3-5-7-9;1-2-4-5-3-1;;;/h3-7H,10H2,1-2H3;1-5H;2*1H3;/q4*-1;+4. The third kappa shape index (κ3) is 11.9. The Morgan fingerprint density at radius 3 is 1.72 bits per heavy atom. The Morgan fingerprint density at radius 1 is 0.889 bits per heavy atom. The quantitative estimate of drug-likeness (QED) is 0.497. The van der Waals surface area contributed by atoms with Gasteiger partial charge in [-0.15, -0.1) is 0 Å². The van der Waals surface area contributed by atoms with E-state index in [4.69, 9.17) is 0 Å². The van der Waals surface area contributed by atoms with E-state index in [9.17, 15) is 0 Å². The van der Waals surface area contributed by atoms with Gasteiger partial charge in [-0.05, 0) is 0 Å². The van der Waals surface area contributed by atoms with Crippen LogP contribution in [0.15, 0.2) is 60.7 Å². The van der Waals surface area contributed by atoms with E-state index in [0.29, 0.717) is 0 Å². The molecule has 0 amide bonds. The summed E-state index contributed by atoms with van der Waals surface area (Å²) >= 11 is 0. The number of benzene rings is 1. The van der Waals surface area contributed by atoms with Crippen LogP contribution >= 0.6 is 0 Å². The van der Waals surface area contributed by atoms with E-state index in [1.807, 2.05) is 30.3 Å². The zero-order valence-corrected chi connectivity index (χ0v) is 15.5.